The first kappa shape index (κ1) is 13.0. The van der Waals surface area contributed by atoms with E-state index >= 15 is 0 Å². The lowest BCUT2D eigenvalue weighted by molar-refractivity contribution is 0.205. The van der Waals surface area contributed by atoms with Crippen LogP contribution in [-0.4, -0.2) is 30.6 Å². The lowest BCUT2D eigenvalue weighted by Gasteiger charge is -2.29. The standard InChI is InChI=1S/C17H26N2/c1-14(2)19-13-5-6-17(19)15-7-9-16(10-8-15)18-11-3-4-12-18/h7-10,14,17H,3-6,11-13H2,1-2H3. The molecule has 2 saturated heterocycles. The number of likely N-dealkylation sites (tertiary alicyclic amines) is 1. The van der Waals surface area contributed by atoms with Gasteiger partial charge in [0.1, 0.15) is 0 Å². The number of hydrogen-bond donors (Lipinski definition) is 0. The van der Waals surface area contributed by atoms with E-state index in [-0.39, 0.29) is 0 Å². The Hall–Kier alpha value is -1.02. The fourth-order valence-electron chi connectivity index (χ4n) is 3.65. The van der Waals surface area contributed by atoms with Gasteiger partial charge in [-0.25, -0.2) is 0 Å². The molecule has 1 unspecified atom stereocenters. The third-order valence-electron chi connectivity index (χ3n) is 4.71. The average Bonchev–Trinajstić information content (AvgIpc) is 3.10. The van der Waals surface area contributed by atoms with Crippen LogP contribution in [0.4, 0.5) is 5.69 Å². The molecule has 0 aromatic heterocycles. The van der Waals surface area contributed by atoms with E-state index in [9.17, 15) is 0 Å². The van der Waals surface area contributed by atoms with Crippen molar-refractivity contribution in [2.45, 2.75) is 51.6 Å². The van der Waals surface area contributed by atoms with Crippen LogP contribution in [0, 0.1) is 0 Å². The fraction of sp³-hybridized carbons (Fsp3) is 0.647. The molecule has 2 heteroatoms. The Morgan fingerprint density at radius 2 is 1.63 bits per heavy atom. The van der Waals surface area contributed by atoms with Gasteiger partial charge in [0.05, 0.1) is 0 Å². The van der Waals surface area contributed by atoms with Gasteiger partial charge in [0.15, 0.2) is 0 Å². The summed E-state index contributed by atoms with van der Waals surface area (Å²) in [5.74, 6) is 0. The SMILES string of the molecule is CC(C)N1CCCC1c1ccc(N2CCCC2)cc1. The van der Waals surface area contributed by atoms with E-state index < -0.39 is 0 Å². The maximum absolute atomic E-state index is 2.64. The summed E-state index contributed by atoms with van der Waals surface area (Å²) in [4.78, 5) is 5.16. The molecule has 1 atom stereocenters. The van der Waals surface area contributed by atoms with Crippen LogP contribution < -0.4 is 4.90 Å². The Balaban J connectivity index is 1.74. The van der Waals surface area contributed by atoms with Gasteiger partial charge in [-0.1, -0.05) is 12.1 Å². The van der Waals surface area contributed by atoms with Crippen molar-refractivity contribution in [1.82, 2.24) is 4.90 Å². The summed E-state index contributed by atoms with van der Waals surface area (Å²) in [5, 5.41) is 0. The highest BCUT2D eigenvalue weighted by molar-refractivity contribution is 5.48. The monoisotopic (exact) mass is 258 g/mol. The molecule has 0 bridgehead atoms. The Morgan fingerprint density at radius 3 is 2.26 bits per heavy atom. The number of benzene rings is 1. The summed E-state index contributed by atoms with van der Waals surface area (Å²) in [6.45, 7) is 8.37. The summed E-state index contributed by atoms with van der Waals surface area (Å²) in [5.41, 5.74) is 2.92. The van der Waals surface area contributed by atoms with Crippen LogP contribution in [0.3, 0.4) is 0 Å². The number of hydrogen-bond acceptors (Lipinski definition) is 2. The van der Waals surface area contributed by atoms with Gasteiger partial charge in [-0.05, 0) is 63.8 Å². The van der Waals surface area contributed by atoms with Crippen molar-refractivity contribution < 1.29 is 0 Å². The van der Waals surface area contributed by atoms with Crippen LogP contribution in [-0.2, 0) is 0 Å². The number of nitrogens with zero attached hydrogens (tertiary/aromatic N) is 2. The second-order valence-corrected chi connectivity index (χ2v) is 6.28. The molecule has 2 nitrogen and oxygen atoms in total. The van der Waals surface area contributed by atoms with E-state index in [2.05, 4.69) is 47.9 Å². The van der Waals surface area contributed by atoms with Gasteiger partial charge in [-0.3, -0.25) is 4.90 Å². The molecule has 0 spiro atoms. The van der Waals surface area contributed by atoms with Crippen LogP contribution in [0.2, 0.25) is 0 Å². The second-order valence-electron chi connectivity index (χ2n) is 6.28. The molecule has 1 aromatic carbocycles. The highest BCUT2D eigenvalue weighted by Crippen LogP contribution is 2.34. The van der Waals surface area contributed by atoms with Crippen LogP contribution >= 0.6 is 0 Å². The molecule has 2 heterocycles. The smallest absolute Gasteiger partial charge is 0.0366 e. The molecule has 0 radical (unpaired) electrons. The Kier molecular flexibility index (Phi) is 3.79. The highest BCUT2D eigenvalue weighted by atomic mass is 15.2. The normalized spacial score (nSPS) is 24.6. The largest absolute Gasteiger partial charge is 0.372 e. The number of rotatable bonds is 3. The zero-order valence-corrected chi connectivity index (χ0v) is 12.3. The molecular formula is C17H26N2. The second kappa shape index (κ2) is 5.54. The van der Waals surface area contributed by atoms with Crippen molar-refractivity contribution in [3.8, 4) is 0 Å². The number of anilines is 1. The average molecular weight is 258 g/mol. The van der Waals surface area contributed by atoms with Crippen LogP contribution in [0.5, 0.6) is 0 Å². The lowest BCUT2D eigenvalue weighted by atomic mass is 10.0. The van der Waals surface area contributed by atoms with Crippen molar-refractivity contribution in [3.05, 3.63) is 29.8 Å². The molecule has 0 amide bonds. The third kappa shape index (κ3) is 2.64. The first-order valence-electron chi connectivity index (χ1n) is 7.86. The molecule has 2 aliphatic heterocycles. The molecule has 0 N–H and O–H groups in total. The molecule has 0 saturated carbocycles. The van der Waals surface area contributed by atoms with Crippen LogP contribution in [0.1, 0.15) is 51.1 Å². The molecular weight excluding hydrogens is 232 g/mol. The van der Waals surface area contributed by atoms with Crippen molar-refractivity contribution in [2.75, 3.05) is 24.5 Å². The minimum atomic E-state index is 0.646. The maximum Gasteiger partial charge on any atom is 0.0366 e. The molecule has 1 aromatic rings. The predicted molar refractivity (Wildman–Crippen MR) is 81.7 cm³/mol. The van der Waals surface area contributed by atoms with E-state index in [0.29, 0.717) is 12.1 Å². The predicted octanol–water partition coefficient (Wildman–Crippen LogP) is 3.83. The molecule has 104 valence electrons. The Bertz CT molecular complexity index is 404. The first-order chi connectivity index (χ1) is 9.25. The zero-order valence-electron chi connectivity index (χ0n) is 12.3. The minimum Gasteiger partial charge on any atom is -0.372 e. The fourth-order valence-corrected chi connectivity index (χ4v) is 3.65. The summed E-state index contributed by atoms with van der Waals surface area (Å²) in [7, 11) is 0. The molecule has 3 rings (SSSR count). The van der Waals surface area contributed by atoms with Gasteiger partial charge in [0.25, 0.3) is 0 Å². The van der Waals surface area contributed by atoms with Gasteiger partial charge in [-0.2, -0.15) is 0 Å². The van der Waals surface area contributed by atoms with E-state index in [1.165, 1.54) is 56.6 Å². The zero-order chi connectivity index (χ0) is 13.2. The van der Waals surface area contributed by atoms with E-state index in [4.69, 9.17) is 0 Å². The van der Waals surface area contributed by atoms with Crippen molar-refractivity contribution in [2.24, 2.45) is 0 Å². The molecule has 2 aliphatic rings. The van der Waals surface area contributed by atoms with Gasteiger partial charge in [-0.15, -0.1) is 0 Å². The summed E-state index contributed by atoms with van der Waals surface area (Å²) in [6, 6.07) is 10.7. The molecule has 2 fully saturated rings. The van der Waals surface area contributed by atoms with Crippen molar-refractivity contribution in [3.63, 3.8) is 0 Å². The maximum atomic E-state index is 2.64. The summed E-state index contributed by atoms with van der Waals surface area (Å²) >= 11 is 0. The van der Waals surface area contributed by atoms with Gasteiger partial charge in [0.2, 0.25) is 0 Å². The first-order valence-corrected chi connectivity index (χ1v) is 7.86. The quantitative estimate of drug-likeness (QED) is 0.813. The van der Waals surface area contributed by atoms with Crippen molar-refractivity contribution >= 4 is 5.69 Å². The molecule has 19 heavy (non-hydrogen) atoms. The third-order valence-corrected chi connectivity index (χ3v) is 4.71. The van der Waals surface area contributed by atoms with Gasteiger partial charge in [0, 0.05) is 30.9 Å². The van der Waals surface area contributed by atoms with E-state index in [0.717, 1.165) is 0 Å². The van der Waals surface area contributed by atoms with Gasteiger partial charge < -0.3 is 4.90 Å². The highest BCUT2D eigenvalue weighted by Gasteiger charge is 2.27. The van der Waals surface area contributed by atoms with Crippen molar-refractivity contribution in [1.29, 1.82) is 0 Å². The molecule has 0 aliphatic carbocycles. The minimum absolute atomic E-state index is 0.646. The summed E-state index contributed by atoms with van der Waals surface area (Å²) < 4.78 is 0. The Morgan fingerprint density at radius 1 is 0.947 bits per heavy atom. The summed E-state index contributed by atoms with van der Waals surface area (Å²) in [6.07, 6.45) is 5.37. The van der Waals surface area contributed by atoms with E-state index in [1.54, 1.807) is 0 Å². The topological polar surface area (TPSA) is 6.48 Å². The van der Waals surface area contributed by atoms with E-state index in [1.807, 2.05) is 0 Å². The van der Waals surface area contributed by atoms with Crippen LogP contribution in [0.15, 0.2) is 24.3 Å². The van der Waals surface area contributed by atoms with Gasteiger partial charge >= 0.3 is 0 Å². The van der Waals surface area contributed by atoms with Crippen LogP contribution in [0.25, 0.3) is 0 Å². The Labute approximate surface area is 117 Å². The lowest BCUT2D eigenvalue weighted by Crippen LogP contribution is -2.30.